The van der Waals surface area contributed by atoms with Gasteiger partial charge in [-0.25, -0.2) is 8.42 Å². The Morgan fingerprint density at radius 1 is 1.00 bits per heavy atom. The minimum atomic E-state index is -4.18. The maximum absolute atomic E-state index is 13.9. The molecular formula is C28H29ClN4O5S. The summed E-state index contributed by atoms with van der Waals surface area (Å²) >= 11 is 6.06. The van der Waals surface area contributed by atoms with Crippen LogP contribution in [0.1, 0.15) is 5.56 Å². The molecule has 1 heterocycles. The first-order valence-electron chi connectivity index (χ1n) is 12.1. The van der Waals surface area contributed by atoms with Crippen molar-refractivity contribution in [2.75, 3.05) is 43.5 Å². The van der Waals surface area contributed by atoms with Gasteiger partial charge in [0.2, 0.25) is 5.91 Å². The van der Waals surface area contributed by atoms with Crippen molar-refractivity contribution in [3.63, 3.8) is 0 Å². The molecular weight excluding hydrogens is 540 g/mol. The van der Waals surface area contributed by atoms with Crippen molar-refractivity contribution in [2.24, 2.45) is 0 Å². The molecule has 0 fully saturated rings. The third kappa shape index (κ3) is 6.52. The van der Waals surface area contributed by atoms with E-state index in [9.17, 15) is 13.2 Å². The van der Waals surface area contributed by atoms with E-state index < -0.39 is 22.5 Å². The molecule has 9 nitrogen and oxygen atoms in total. The summed E-state index contributed by atoms with van der Waals surface area (Å²) in [5.41, 5.74) is 2.62. The number of rotatable bonds is 11. The fourth-order valence-corrected chi connectivity index (χ4v) is 5.87. The number of halogens is 1. The second kappa shape index (κ2) is 12.2. The number of carbonyl (C=O) groups is 1. The number of hydrogen-bond acceptors (Lipinski definition) is 7. The van der Waals surface area contributed by atoms with Crippen LogP contribution < -0.4 is 24.4 Å². The van der Waals surface area contributed by atoms with Gasteiger partial charge in [0.15, 0.2) is 0 Å². The summed E-state index contributed by atoms with van der Waals surface area (Å²) in [6, 6.07) is 18.7. The Morgan fingerprint density at radius 3 is 2.59 bits per heavy atom. The van der Waals surface area contributed by atoms with Crippen molar-refractivity contribution in [1.29, 1.82) is 0 Å². The lowest BCUT2D eigenvalue weighted by molar-refractivity contribution is -0.119. The Bertz CT molecular complexity index is 1600. The van der Waals surface area contributed by atoms with Crippen molar-refractivity contribution >= 4 is 49.8 Å². The number of amides is 1. The number of aryl methyl sites for hydroxylation is 1. The zero-order valence-corrected chi connectivity index (χ0v) is 23.3. The van der Waals surface area contributed by atoms with Gasteiger partial charge >= 0.3 is 0 Å². The number of ether oxygens (including phenoxy) is 2. The number of aromatic nitrogens is 1. The number of hydrogen-bond donors (Lipinski definition) is 2. The van der Waals surface area contributed by atoms with Gasteiger partial charge in [-0.2, -0.15) is 0 Å². The smallest absolute Gasteiger partial charge is 0.268 e. The second-order valence-corrected chi connectivity index (χ2v) is 10.9. The van der Waals surface area contributed by atoms with Crippen molar-refractivity contribution in [3.8, 4) is 11.5 Å². The van der Waals surface area contributed by atoms with Crippen LogP contribution in [0.15, 0.2) is 77.8 Å². The molecule has 3 aromatic carbocycles. The number of methoxy groups -OCH3 is 2. The molecule has 4 aromatic rings. The van der Waals surface area contributed by atoms with Gasteiger partial charge in [-0.15, -0.1) is 0 Å². The topological polar surface area (TPSA) is 110 Å². The molecule has 0 spiro atoms. The van der Waals surface area contributed by atoms with Crippen LogP contribution in [0.5, 0.6) is 11.5 Å². The van der Waals surface area contributed by atoms with E-state index in [4.69, 9.17) is 21.1 Å². The van der Waals surface area contributed by atoms with Crippen molar-refractivity contribution in [3.05, 3.63) is 83.5 Å². The fraction of sp³-hybridized carbons (Fsp3) is 0.214. The molecule has 0 aliphatic heterocycles. The molecule has 0 aliphatic carbocycles. The molecule has 0 aliphatic rings. The summed E-state index contributed by atoms with van der Waals surface area (Å²) in [7, 11) is -1.29. The maximum atomic E-state index is 13.9. The number of anilines is 2. The Hall–Kier alpha value is -4.02. The normalized spacial score (nSPS) is 11.2. The van der Waals surface area contributed by atoms with E-state index >= 15 is 0 Å². The van der Waals surface area contributed by atoms with Crippen molar-refractivity contribution < 1.29 is 22.7 Å². The molecule has 0 bridgehead atoms. The Balaban J connectivity index is 1.51. The highest BCUT2D eigenvalue weighted by molar-refractivity contribution is 7.93. The van der Waals surface area contributed by atoms with Crippen LogP contribution in [-0.2, 0) is 14.8 Å². The van der Waals surface area contributed by atoms with E-state index in [1.807, 2.05) is 12.1 Å². The average molecular weight is 569 g/mol. The van der Waals surface area contributed by atoms with Gasteiger partial charge < -0.3 is 20.1 Å². The molecule has 1 aromatic heterocycles. The maximum Gasteiger partial charge on any atom is 0.268 e. The van der Waals surface area contributed by atoms with Crippen LogP contribution >= 0.6 is 11.6 Å². The molecule has 0 atom stereocenters. The quantitative estimate of drug-likeness (QED) is 0.254. The third-order valence-corrected chi connectivity index (χ3v) is 8.01. The molecule has 0 radical (unpaired) electrons. The van der Waals surface area contributed by atoms with E-state index in [0.29, 0.717) is 17.3 Å². The summed E-state index contributed by atoms with van der Waals surface area (Å²) in [5.74, 6) is 0.171. The first-order chi connectivity index (χ1) is 18.7. The SMILES string of the molecule is COc1cccc(N(CC(=O)NCCNc2ccnc3cc(Cl)ccc23)S(=O)(=O)c2cc(C)ccc2OC)c1. The number of pyridine rings is 1. The van der Waals surface area contributed by atoms with Gasteiger partial charge in [0.05, 0.1) is 25.4 Å². The first-order valence-corrected chi connectivity index (χ1v) is 13.9. The molecule has 4 rings (SSSR count). The zero-order chi connectivity index (χ0) is 28.0. The highest BCUT2D eigenvalue weighted by atomic mass is 35.5. The van der Waals surface area contributed by atoms with Crippen LogP contribution in [0.4, 0.5) is 11.4 Å². The Morgan fingerprint density at radius 2 is 1.82 bits per heavy atom. The average Bonchev–Trinajstić information content (AvgIpc) is 2.93. The summed E-state index contributed by atoms with van der Waals surface area (Å²) in [4.78, 5) is 17.3. The number of carbonyl (C=O) groups excluding carboxylic acids is 1. The molecule has 11 heteroatoms. The van der Waals surface area contributed by atoms with Crippen LogP contribution in [0.2, 0.25) is 5.02 Å². The minimum Gasteiger partial charge on any atom is -0.497 e. The summed E-state index contributed by atoms with van der Waals surface area (Å²) in [6.45, 7) is 2.01. The Kier molecular flexibility index (Phi) is 8.78. The van der Waals surface area contributed by atoms with Gasteiger partial charge in [0, 0.05) is 41.4 Å². The zero-order valence-electron chi connectivity index (χ0n) is 21.8. The predicted molar refractivity (Wildman–Crippen MR) is 154 cm³/mol. The van der Waals surface area contributed by atoms with E-state index in [-0.39, 0.29) is 22.9 Å². The number of nitrogens with zero attached hydrogens (tertiary/aromatic N) is 2. The molecule has 0 unspecified atom stereocenters. The summed E-state index contributed by atoms with van der Waals surface area (Å²) < 4.78 is 39.4. The van der Waals surface area contributed by atoms with E-state index in [1.165, 1.54) is 20.3 Å². The molecule has 204 valence electrons. The lowest BCUT2D eigenvalue weighted by atomic mass is 10.2. The van der Waals surface area contributed by atoms with Crippen LogP contribution in [0.3, 0.4) is 0 Å². The van der Waals surface area contributed by atoms with Crippen LogP contribution in [-0.4, -0.2) is 53.2 Å². The third-order valence-electron chi connectivity index (χ3n) is 5.98. The molecule has 1 amide bonds. The standard InChI is InChI=1S/C28H29ClN4O5S/c1-19-7-10-26(38-3)27(15-19)39(35,36)33(21-5-4-6-22(17-21)37-2)18-28(34)32-14-13-31-24-11-12-30-25-16-20(29)8-9-23(24)25/h4-12,15-17H,13-14,18H2,1-3H3,(H,30,31)(H,32,34). The summed E-state index contributed by atoms with van der Waals surface area (Å²) in [6.07, 6.45) is 1.68. The monoisotopic (exact) mass is 568 g/mol. The fourth-order valence-electron chi connectivity index (χ4n) is 4.05. The number of nitrogens with one attached hydrogen (secondary N) is 2. The van der Waals surface area contributed by atoms with Gasteiger partial charge in [0.25, 0.3) is 10.0 Å². The van der Waals surface area contributed by atoms with E-state index in [1.54, 1.807) is 61.7 Å². The lowest BCUT2D eigenvalue weighted by Crippen LogP contribution is -2.42. The van der Waals surface area contributed by atoms with E-state index in [2.05, 4.69) is 15.6 Å². The highest BCUT2D eigenvalue weighted by Gasteiger charge is 2.30. The number of sulfonamides is 1. The highest BCUT2D eigenvalue weighted by Crippen LogP contribution is 2.32. The first kappa shape index (κ1) is 28.0. The van der Waals surface area contributed by atoms with Crippen LogP contribution in [0.25, 0.3) is 10.9 Å². The molecule has 39 heavy (non-hydrogen) atoms. The van der Waals surface area contributed by atoms with Gasteiger partial charge in [-0.05, 0) is 61.0 Å². The van der Waals surface area contributed by atoms with Gasteiger partial charge in [-0.3, -0.25) is 14.1 Å². The van der Waals surface area contributed by atoms with Crippen molar-refractivity contribution in [1.82, 2.24) is 10.3 Å². The van der Waals surface area contributed by atoms with Gasteiger partial charge in [0.1, 0.15) is 22.9 Å². The number of benzene rings is 3. The molecule has 0 saturated carbocycles. The summed E-state index contributed by atoms with van der Waals surface area (Å²) in [5, 5.41) is 7.57. The second-order valence-electron chi connectivity index (χ2n) is 8.66. The molecule has 0 saturated heterocycles. The Labute approximate surface area is 232 Å². The lowest BCUT2D eigenvalue weighted by Gasteiger charge is -2.25. The molecule has 2 N–H and O–H groups in total. The largest absolute Gasteiger partial charge is 0.497 e. The van der Waals surface area contributed by atoms with Gasteiger partial charge in [-0.1, -0.05) is 23.7 Å². The minimum absolute atomic E-state index is 0.0352. The van der Waals surface area contributed by atoms with Crippen LogP contribution in [0, 0.1) is 6.92 Å². The predicted octanol–water partition coefficient (Wildman–Crippen LogP) is 4.64. The van der Waals surface area contributed by atoms with E-state index in [0.717, 1.165) is 26.5 Å². The van der Waals surface area contributed by atoms with Crippen molar-refractivity contribution in [2.45, 2.75) is 11.8 Å². The number of fused-ring (bicyclic) bond motifs is 1.